The van der Waals surface area contributed by atoms with E-state index in [1.165, 1.54) is 22.7 Å². The van der Waals surface area contributed by atoms with Crippen LogP contribution in [0.15, 0.2) is 4.52 Å². The van der Waals surface area contributed by atoms with E-state index < -0.39 is 10.2 Å². The Kier molecular flexibility index (Phi) is 3.21. The molecule has 0 unspecified atom stereocenters. The Morgan fingerprint density at radius 1 is 1.53 bits per heavy atom. The zero-order valence-corrected chi connectivity index (χ0v) is 10.7. The Labute approximate surface area is 100 Å². The molecule has 0 saturated carbocycles. The van der Waals surface area contributed by atoms with Crippen LogP contribution in [-0.4, -0.2) is 42.8 Å². The van der Waals surface area contributed by atoms with E-state index in [1.807, 2.05) is 0 Å². The highest BCUT2D eigenvalue weighted by Crippen LogP contribution is 2.24. The van der Waals surface area contributed by atoms with E-state index in [-0.39, 0.29) is 13.1 Å². The van der Waals surface area contributed by atoms with Crippen LogP contribution in [0, 0.1) is 0 Å². The zero-order valence-electron chi connectivity index (χ0n) is 9.88. The molecule has 0 spiro atoms. The molecule has 0 fully saturated rings. The second-order valence-electron chi connectivity index (χ2n) is 4.11. The quantitative estimate of drug-likeness (QED) is 0.775. The van der Waals surface area contributed by atoms with Gasteiger partial charge in [0.25, 0.3) is 10.2 Å². The SMILES string of the molecule is CN(C)S(=O)(=O)N1CCc2noc(CN)c2C1. The summed E-state index contributed by atoms with van der Waals surface area (Å²) in [4.78, 5) is 0. The van der Waals surface area contributed by atoms with Gasteiger partial charge >= 0.3 is 0 Å². The minimum atomic E-state index is -3.39. The maximum atomic E-state index is 12.0. The van der Waals surface area contributed by atoms with E-state index in [4.69, 9.17) is 10.3 Å². The first-order valence-corrected chi connectivity index (χ1v) is 6.70. The molecular formula is C9H16N4O3S. The fourth-order valence-corrected chi connectivity index (χ4v) is 2.91. The number of hydrogen-bond donors (Lipinski definition) is 1. The summed E-state index contributed by atoms with van der Waals surface area (Å²) in [5, 5.41) is 3.90. The van der Waals surface area contributed by atoms with Crippen LogP contribution in [0.5, 0.6) is 0 Å². The van der Waals surface area contributed by atoms with Gasteiger partial charge in [-0.25, -0.2) is 0 Å². The van der Waals surface area contributed by atoms with E-state index in [9.17, 15) is 8.42 Å². The summed E-state index contributed by atoms with van der Waals surface area (Å²) in [6.45, 7) is 0.939. The van der Waals surface area contributed by atoms with Crippen molar-refractivity contribution in [2.75, 3.05) is 20.6 Å². The third-order valence-electron chi connectivity index (χ3n) is 2.86. The van der Waals surface area contributed by atoms with Gasteiger partial charge in [0.1, 0.15) is 0 Å². The van der Waals surface area contributed by atoms with Crippen molar-refractivity contribution in [2.45, 2.75) is 19.5 Å². The predicted molar refractivity (Wildman–Crippen MR) is 61.1 cm³/mol. The highest BCUT2D eigenvalue weighted by molar-refractivity contribution is 7.86. The average Bonchev–Trinajstić information content (AvgIpc) is 2.70. The number of nitrogens with two attached hydrogens (primary N) is 1. The fraction of sp³-hybridized carbons (Fsp3) is 0.667. The Balaban J connectivity index is 2.29. The lowest BCUT2D eigenvalue weighted by molar-refractivity contribution is 0.356. The van der Waals surface area contributed by atoms with Gasteiger partial charge in [-0.05, 0) is 0 Å². The topological polar surface area (TPSA) is 92.7 Å². The summed E-state index contributed by atoms with van der Waals surface area (Å²) in [6.07, 6.45) is 0.561. The smallest absolute Gasteiger partial charge is 0.281 e. The lowest BCUT2D eigenvalue weighted by atomic mass is 10.1. The van der Waals surface area contributed by atoms with Crippen LogP contribution in [0.1, 0.15) is 17.0 Å². The summed E-state index contributed by atoms with van der Waals surface area (Å²) in [5.74, 6) is 0.568. The molecule has 0 saturated heterocycles. The van der Waals surface area contributed by atoms with Gasteiger partial charge in [-0.2, -0.15) is 17.0 Å². The second-order valence-corrected chi connectivity index (χ2v) is 6.25. The second kappa shape index (κ2) is 4.37. The molecular weight excluding hydrogens is 244 g/mol. The largest absolute Gasteiger partial charge is 0.359 e. The molecule has 8 heteroatoms. The lowest BCUT2D eigenvalue weighted by Crippen LogP contribution is -2.42. The van der Waals surface area contributed by atoms with E-state index in [2.05, 4.69) is 5.16 Å². The first-order chi connectivity index (χ1) is 7.96. The molecule has 7 nitrogen and oxygen atoms in total. The molecule has 17 heavy (non-hydrogen) atoms. The van der Waals surface area contributed by atoms with Crippen LogP contribution in [0.4, 0.5) is 0 Å². The normalized spacial score (nSPS) is 17.4. The van der Waals surface area contributed by atoms with Crippen LogP contribution >= 0.6 is 0 Å². The summed E-state index contributed by atoms with van der Waals surface area (Å²) < 4.78 is 31.7. The lowest BCUT2D eigenvalue weighted by Gasteiger charge is -2.28. The molecule has 2 heterocycles. The number of aromatic nitrogens is 1. The van der Waals surface area contributed by atoms with E-state index in [0.717, 1.165) is 11.3 Å². The van der Waals surface area contributed by atoms with Gasteiger partial charge in [-0.3, -0.25) is 0 Å². The molecule has 0 amide bonds. The molecule has 2 rings (SSSR count). The van der Waals surface area contributed by atoms with Crippen molar-refractivity contribution in [1.82, 2.24) is 13.8 Å². The maximum absolute atomic E-state index is 12.0. The zero-order chi connectivity index (χ0) is 12.6. The maximum Gasteiger partial charge on any atom is 0.281 e. The van der Waals surface area contributed by atoms with Crippen molar-refractivity contribution in [3.05, 3.63) is 17.0 Å². The van der Waals surface area contributed by atoms with Gasteiger partial charge in [0.15, 0.2) is 5.76 Å². The number of rotatable bonds is 3. The van der Waals surface area contributed by atoms with Gasteiger partial charge in [0.2, 0.25) is 0 Å². The number of nitrogens with zero attached hydrogens (tertiary/aromatic N) is 3. The molecule has 0 bridgehead atoms. The summed E-state index contributed by atoms with van der Waals surface area (Å²) in [5.41, 5.74) is 7.15. The standard InChI is InChI=1S/C9H16N4O3S/c1-12(2)17(14,15)13-4-3-8-7(6-13)9(5-10)16-11-8/h3-6,10H2,1-2H3. The van der Waals surface area contributed by atoms with Gasteiger partial charge in [-0.1, -0.05) is 5.16 Å². The van der Waals surface area contributed by atoms with E-state index in [0.29, 0.717) is 18.7 Å². The van der Waals surface area contributed by atoms with Crippen LogP contribution < -0.4 is 5.73 Å². The first kappa shape index (κ1) is 12.5. The minimum Gasteiger partial charge on any atom is -0.359 e. The monoisotopic (exact) mass is 260 g/mol. The van der Waals surface area contributed by atoms with Gasteiger partial charge in [-0.15, -0.1) is 0 Å². The molecule has 0 aliphatic carbocycles. The average molecular weight is 260 g/mol. The number of hydrogen-bond acceptors (Lipinski definition) is 5. The van der Waals surface area contributed by atoms with Crippen molar-refractivity contribution < 1.29 is 12.9 Å². The highest BCUT2D eigenvalue weighted by Gasteiger charge is 2.31. The fourth-order valence-electron chi connectivity index (χ4n) is 1.83. The molecule has 0 atom stereocenters. The molecule has 2 N–H and O–H groups in total. The van der Waals surface area contributed by atoms with Crippen molar-refractivity contribution in [1.29, 1.82) is 0 Å². The van der Waals surface area contributed by atoms with Gasteiger partial charge < -0.3 is 10.3 Å². The third-order valence-corrected chi connectivity index (χ3v) is 4.74. The Bertz CT molecular complexity index is 495. The summed E-state index contributed by atoms with van der Waals surface area (Å²) in [6, 6.07) is 0. The van der Waals surface area contributed by atoms with E-state index in [1.54, 1.807) is 0 Å². The summed E-state index contributed by atoms with van der Waals surface area (Å²) in [7, 11) is -0.357. The van der Waals surface area contributed by atoms with Crippen molar-refractivity contribution >= 4 is 10.2 Å². The molecule has 0 radical (unpaired) electrons. The van der Waals surface area contributed by atoms with Gasteiger partial charge in [0, 0.05) is 39.2 Å². The molecule has 1 aliphatic rings. The molecule has 1 aliphatic heterocycles. The van der Waals surface area contributed by atoms with Crippen LogP contribution in [0.25, 0.3) is 0 Å². The Morgan fingerprint density at radius 3 is 2.82 bits per heavy atom. The van der Waals surface area contributed by atoms with Crippen LogP contribution in [-0.2, 0) is 29.7 Å². The Morgan fingerprint density at radius 2 is 2.24 bits per heavy atom. The van der Waals surface area contributed by atoms with Crippen LogP contribution in [0.2, 0.25) is 0 Å². The van der Waals surface area contributed by atoms with Crippen molar-refractivity contribution in [3.63, 3.8) is 0 Å². The third kappa shape index (κ3) is 2.08. The van der Waals surface area contributed by atoms with Crippen molar-refractivity contribution in [2.24, 2.45) is 5.73 Å². The molecule has 1 aromatic heterocycles. The van der Waals surface area contributed by atoms with Gasteiger partial charge in [0.05, 0.1) is 12.2 Å². The van der Waals surface area contributed by atoms with Crippen molar-refractivity contribution in [3.8, 4) is 0 Å². The predicted octanol–water partition coefficient (Wildman–Crippen LogP) is -0.702. The molecule has 1 aromatic rings. The summed E-state index contributed by atoms with van der Waals surface area (Å²) >= 11 is 0. The molecule has 96 valence electrons. The minimum absolute atomic E-state index is 0.234. The Hall–Kier alpha value is -0.960. The number of fused-ring (bicyclic) bond motifs is 1. The first-order valence-electron chi connectivity index (χ1n) is 5.30. The molecule has 0 aromatic carbocycles. The van der Waals surface area contributed by atoms with E-state index >= 15 is 0 Å². The van der Waals surface area contributed by atoms with Crippen LogP contribution in [0.3, 0.4) is 0 Å². The highest BCUT2D eigenvalue weighted by atomic mass is 32.2.